The van der Waals surface area contributed by atoms with Gasteiger partial charge in [0.25, 0.3) is 0 Å². The molecule has 0 heterocycles. The number of nitrogens with zero attached hydrogens (tertiary/aromatic N) is 1. The maximum absolute atomic E-state index is 5.35. The maximum Gasteiger partial charge on any atom is 0.0589 e. The van der Waals surface area contributed by atoms with Crippen LogP contribution in [-0.4, -0.2) is 49.8 Å². The molecule has 3 unspecified atom stereocenters. The first-order chi connectivity index (χ1) is 9.76. The molecule has 1 N–H and O–H groups in total. The summed E-state index contributed by atoms with van der Waals surface area (Å²) in [4.78, 5) is 2.76. The zero-order valence-corrected chi connectivity index (χ0v) is 13.7. The van der Waals surface area contributed by atoms with Crippen LogP contribution in [0, 0.1) is 5.92 Å². The smallest absolute Gasteiger partial charge is 0.0589 e. The van der Waals surface area contributed by atoms with Crippen LogP contribution in [0.2, 0.25) is 0 Å². The van der Waals surface area contributed by atoms with Crippen LogP contribution < -0.4 is 5.32 Å². The summed E-state index contributed by atoms with van der Waals surface area (Å²) >= 11 is 0. The second-order valence-corrected chi connectivity index (χ2v) is 6.78. The van der Waals surface area contributed by atoms with E-state index in [-0.39, 0.29) is 0 Å². The number of hydrogen-bond donors (Lipinski definition) is 1. The van der Waals surface area contributed by atoms with E-state index in [1.807, 2.05) is 7.11 Å². The molecule has 2 saturated carbocycles. The molecule has 3 heteroatoms. The first-order valence-corrected chi connectivity index (χ1v) is 8.74. The average Bonchev–Trinajstić information content (AvgIpc) is 3.30. The Morgan fingerprint density at radius 3 is 2.70 bits per heavy atom. The quantitative estimate of drug-likeness (QED) is 0.703. The lowest BCUT2D eigenvalue weighted by atomic mass is 9.88. The van der Waals surface area contributed by atoms with Gasteiger partial charge in [-0.3, -0.25) is 4.90 Å². The lowest BCUT2D eigenvalue weighted by molar-refractivity contribution is 0.0580. The summed E-state index contributed by atoms with van der Waals surface area (Å²) in [6, 6.07) is 2.26. The van der Waals surface area contributed by atoms with Crippen molar-refractivity contribution in [1.29, 1.82) is 0 Å². The second kappa shape index (κ2) is 8.35. The van der Waals surface area contributed by atoms with Gasteiger partial charge in [0, 0.05) is 31.8 Å². The molecule has 3 atom stereocenters. The van der Waals surface area contributed by atoms with Gasteiger partial charge in [0.1, 0.15) is 0 Å². The van der Waals surface area contributed by atoms with Crippen molar-refractivity contribution < 1.29 is 4.74 Å². The van der Waals surface area contributed by atoms with Gasteiger partial charge in [-0.15, -0.1) is 0 Å². The van der Waals surface area contributed by atoms with Crippen LogP contribution in [-0.2, 0) is 4.74 Å². The van der Waals surface area contributed by atoms with E-state index in [2.05, 4.69) is 24.1 Å². The van der Waals surface area contributed by atoms with Gasteiger partial charge in [-0.05, 0) is 57.9 Å². The van der Waals surface area contributed by atoms with Crippen molar-refractivity contribution in [2.75, 3.05) is 26.8 Å². The highest BCUT2D eigenvalue weighted by molar-refractivity contribution is 4.91. The number of nitrogens with one attached hydrogen (secondary N) is 1. The third-order valence-electron chi connectivity index (χ3n) is 5.18. The minimum Gasteiger partial charge on any atom is -0.383 e. The first kappa shape index (κ1) is 16.3. The molecule has 20 heavy (non-hydrogen) atoms. The predicted molar refractivity (Wildman–Crippen MR) is 85.1 cm³/mol. The third-order valence-corrected chi connectivity index (χ3v) is 5.18. The number of methoxy groups -OCH3 is 1. The van der Waals surface area contributed by atoms with E-state index in [1.165, 1.54) is 51.5 Å². The van der Waals surface area contributed by atoms with E-state index in [0.717, 1.165) is 37.2 Å². The molecule has 0 amide bonds. The van der Waals surface area contributed by atoms with E-state index >= 15 is 0 Å². The normalized spacial score (nSPS) is 28.8. The highest BCUT2D eigenvalue weighted by Gasteiger charge is 2.36. The Bertz CT molecular complexity index is 268. The van der Waals surface area contributed by atoms with Crippen molar-refractivity contribution in [3.8, 4) is 0 Å². The topological polar surface area (TPSA) is 24.5 Å². The van der Waals surface area contributed by atoms with Gasteiger partial charge in [0.05, 0.1) is 6.61 Å². The molecule has 0 aromatic rings. The summed E-state index contributed by atoms with van der Waals surface area (Å²) in [6.45, 7) is 7.86. The van der Waals surface area contributed by atoms with Gasteiger partial charge in [-0.25, -0.2) is 0 Å². The molecule has 0 spiro atoms. The van der Waals surface area contributed by atoms with Crippen molar-refractivity contribution in [3.05, 3.63) is 0 Å². The average molecular weight is 282 g/mol. The van der Waals surface area contributed by atoms with Gasteiger partial charge in [0.15, 0.2) is 0 Å². The van der Waals surface area contributed by atoms with Crippen LogP contribution >= 0.6 is 0 Å². The predicted octanol–water partition coefficient (Wildman–Crippen LogP) is 3.04. The Morgan fingerprint density at radius 2 is 2.05 bits per heavy atom. The molecule has 3 nitrogen and oxygen atoms in total. The summed E-state index contributed by atoms with van der Waals surface area (Å²) in [7, 11) is 1.83. The van der Waals surface area contributed by atoms with E-state index in [9.17, 15) is 0 Å². The Balaban J connectivity index is 1.88. The molecule has 2 rings (SSSR count). The van der Waals surface area contributed by atoms with Crippen LogP contribution in [0.4, 0.5) is 0 Å². The fraction of sp³-hybridized carbons (Fsp3) is 1.00. The zero-order valence-electron chi connectivity index (χ0n) is 13.7. The van der Waals surface area contributed by atoms with Gasteiger partial charge in [-0.1, -0.05) is 13.3 Å². The fourth-order valence-corrected chi connectivity index (χ4v) is 3.76. The van der Waals surface area contributed by atoms with Crippen LogP contribution in [0.3, 0.4) is 0 Å². The van der Waals surface area contributed by atoms with Crippen molar-refractivity contribution in [3.63, 3.8) is 0 Å². The van der Waals surface area contributed by atoms with E-state index < -0.39 is 0 Å². The molecule has 0 radical (unpaired) electrons. The number of ether oxygens (including phenoxy) is 1. The summed E-state index contributed by atoms with van der Waals surface area (Å²) in [5, 5.41) is 3.74. The molecule has 2 fully saturated rings. The molecule has 0 saturated heterocycles. The molecule has 0 aromatic carbocycles. The highest BCUT2D eigenvalue weighted by Crippen LogP contribution is 2.37. The zero-order chi connectivity index (χ0) is 14.4. The van der Waals surface area contributed by atoms with Crippen LogP contribution in [0.15, 0.2) is 0 Å². The van der Waals surface area contributed by atoms with Crippen molar-refractivity contribution in [2.45, 2.75) is 76.9 Å². The van der Waals surface area contributed by atoms with E-state index in [0.29, 0.717) is 0 Å². The van der Waals surface area contributed by atoms with Crippen molar-refractivity contribution in [1.82, 2.24) is 10.2 Å². The van der Waals surface area contributed by atoms with Crippen LogP contribution in [0.5, 0.6) is 0 Å². The number of rotatable bonds is 9. The summed E-state index contributed by atoms with van der Waals surface area (Å²) in [6.07, 6.45) is 9.59. The molecular weight excluding hydrogens is 248 g/mol. The van der Waals surface area contributed by atoms with Crippen molar-refractivity contribution in [2.24, 2.45) is 5.92 Å². The highest BCUT2D eigenvalue weighted by atomic mass is 16.5. The molecule has 2 aliphatic rings. The van der Waals surface area contributed by atoms with Gasteiger partial charge >= 0.3 is 0 Å². The van der Waals surface area contributed by atoms with Gasteiger partial charge in [0.2, 0.25) is 0 Å². The Hall–Kier alpha value is -0.120. The fourth-order valence-electron chi connectivity index (χ4n) is 3.76. The Labute approximate surface area is 125 Å². The first-order valence-electron chi connectivity index (χ1n) is 8.74. The minimum absolute atomic E-state index is 0.741. The molecule has 2 aliphatic carbocycles. The maximum atomic E-state index is 5.35. The molecule has 0 aromatic heterocycles. The van der Waals surface area contributed by atoms with Crippen LogP contribution in [0.25, 0.3) is 0 Å². The third kappa shape index (κ3) is 4.71. The molecule has 0 bridgehead atoms. The largest absolute Gasteiger partial charge is 0.383 e. The van der Waals surface area contributed by atoms with Gasteiger partial charge < -0.3 is 10.1 Å². The standard InChI is InChI=1S/C17H34N2O/c1-4-10-18-16-6-5-7-17(13-16)19(11-12-20-3)14(2)15-8-9-15/h14-18H,4-13H2,1-3H3. The monoisotopic (exact) mass is 282 g/mol. The second-order valence-electron chi connectivity index (χ2n) is 6.78. The summed E-state index contributed by atoms with van der Waals surface area (Å²) < 4.78 is 5.35. The summed E-state index contributed by atoms with van der Waals surface area (Å²) in [5.74, 6) is 0.954. The summed E-state index contributed by atoms with van der Waals surface area (Å²) in [5.41, 5.74) is 0. The number of hydrogen-bond acceptors (Lipinski definition) is 3. The van der Waals surface area contributed by atoms with E-state index in [1.54, 1.807) is 0 Å². The lowest BCUT2D eigenvalue weighted by Gasteiger charge is -2.41. The Kier molecular flexibility index (Phi) is 6.79. The van der Waals surface area contributed by atoms with Gasteiger partial charge in [-0.2, -0.15) is 0 Å². The van der Waals surface area contributed by atoms with E-state index in [4.69, 9.17) is 4.74 Å². The molecular formula is C17H34N2O. The SMILES string of the molecule is CCCNC1CCCC(N(CCOC)C(C)C2CC2)C1. The lowest BCUT2D eigenvalue weighted by Crippen LogP contribution is -2.49. The molecule has 118 valence electrons. The molecule has 0 aliphatic heterocycles. The Morgan fingerprint density at radius 1 is 1.25 bits per heavy atom. The minimum atomic E-state index is 0.741. The van der Waals surface area contributed by atoms with Crippen LogP contribution in [0.1, 0.15) is 58.8 Å². The van der Waals surface area contributed by atoms with Crippen molar-refractivity contribution >= 4 is 0 Å².